The van der Waals surface area contributed by atoms with Gasteiger partial charge in [-0.15, -0.1) is 24.8 Å². The molecule has 0 saturated carbocycles. The zero-order valence-corrected chi connectivity index (χ0v) is 11.7. The standard InChI is InChI=1S/C11H19N3O.2ClH/c1-14-9-13-6-11(14)8-15-7-10-3-2-4-12-5-10;;/h6,9-10,12H,2-5,7-8H2,1H3;2*1H/t10-;;/m0../s1. The van der Waals surface area contributed by atoms with E-state index in [1.54, 1.807) is 6.33 Å². The largest absolute Gasteiger partial charge is 0.375 e. The molecule has 1 fully saturated rings. The van der Waals surface area contributed by atoms with E-state index in [0.717, 1.165) is 25.4 Å². The van der Waals surface area contributed by atoms with Gasteiger partial charge in [-0.05, 0) is 25.3 Å². The van der Waals surface area contributed by atoms with Crippen LogP contribution in [0.25, 0.3) is 0 Å². The summed E-state index contributed by atoms with van der Waals surface area (Å²) in [7, 11) is 1.99. The Balaban J connectivity index is 0.00000128. The third-order valence-corrected chi connectivity index (χ3v) is 2.92. The van der Waals surface area contributed by atoms with Gasteiger partial charge in [0.2, 0.25) is 0 Å². The van der Waals surface area contributed by atoms with E-state index in [-0.39, 0.29) is 24.8 Å². The van der Waals surface area contributed by atoms with Crippen molar-refractivity contribution >= 4 is 24.8 Å². The number of aryl methyl sites for hydroxylation is 1. The fourth-order valence-electron chi connectivity index (χ4n) is 1.92. The average molecular weight is 282 g/mol. The molecule has 1 aliphatic rings. The maximum absolute atomic E-state index is 5.70. The summed E-state index contributed by atoms with van der Waals surface area (Å²) < 4.78 is 7.70. The highest BCUT2D eigenvalue weighted by Gasteiger charge is 2.12. The summed E-state index contributed by atoms with van der Waals surface area (Å²) in [6.45, 7) is 3.80. The van der Waals surface area contributed by atoms with E-state index in [9.17, 15) is 0 Å². The molecule has 0 aromatic carbocycles. The quantitative estimate of drug-likeness (QED) is 0.915. The second-order valence-corrected chi connectivity index (χ2v) is 4.22. The van der Waals surface area contributed by atoms with Gasteiger partial charge in [0, 0.05) is 13.6 Å². The number of piperidine rings is 1. The lowest BCUT2D eigenvalue weighted by atomic mass is 10.0. The predicted molar refractivity (Wildman–Crippen MR) is 73.0 cm³/mol. The van der Waals surface area contributed by atoms with Gasteiger partial charge < -0.3 is 14.6 Å². The van der Waals surface area contributed by atoms with Crippen LogP contribution in [0.5, 0.6) is 0 Å². The van der Waals surface area contributed by atoms with E-state index >= 15 is 0 Å². The van der Waals surface area contributed by atoms with Gasteiger partial charge in [-0.25, -0.2) is 4.98 Å². The first-order valence-corrected chi connectivity index (χ1v) is 5.60. The minimum Gasteiger partial charge on any atom is -0.375 e. The number of hydrogen-bond acceptors (Lipinski definition) is 3. The molecular weight excluding hydrogens is 261 g/mol. The number of nitrogens with one attached hydrogen (secondary N) is 1. The molecule has 0 unspecified atom stereocenters. The van der Waals surface area contributed by atoms with Crippen molar-refractivity contribution < 1.29 is 4.74 Å². The number of halogens is 2. The third-order valence-electron chi connectivity index (χ3n) is 2.92. The van der Waals surface area contributed by atoms with Crippen LogP contribution in [-0.4, -0.2) is 29.2 Å². The van der Waals surface area contributed by atoms with Gasteiger partial charge >= 0.3 is 0 Å². The summed E-state index contributed by atoms with van der Waals surface area (Å²) in [6, 6.07) is 0. The van der Waals surface area contributed by atoms with Crippen molar-refractivity contribution in [3.05, 3.63) is 18.2 Å². The number of nitrogens with zero attached hydrogens (tertiary/aromatic N) is 2. The van der Waals surface area contributed by atoms with Gasteiger partial charge in [0.25, 0.3) is 0 Å². The Hall–Kier alpha value is -0.290. The summed E-state index contributed by atoms with van der Waals surface area (Å²) in [5, 5.41) is 3.39. The van der Waals surface area contributed by atoms with E-state index in [4.69, 9.17) is 4.74 Å². The fraction of sp³-hybridized carbons (Fsp3) is 0.727. The van der Waals surface area contributed by atoms with Crippen molar-refractivity contribution in [3.8, 4) is 0 Å². The molecule has 1 atom stereocenters. The van der Waals surface area contributed by atoms with E-state index in [1.807, 2.05) is 17.8 Å². The summed E-state index contributed by atoms with van der Waals surface area (Å²) >= 11 is 0. The number of hydrogen-bond donors (Lipinski definition) is 1. The molecule has 17 heavy (non-hydrogen) atoms. The van der Waals surface area contributed by atoms with Crippen molar-refractivity contribution in [3.63, 3.8) is 0 Å². The van der Waals surface area contributed by atoms with Crippen LogP contribution < -0.4 is 5.32 Å². The Labute approximate surface area is 115 Å². The number of imidazole rings is 1. The van der Waals surface area contributed by atoms with Gasteiger partial charge in [0.1, 0.15) is 0 Å². The van der Waals surface area contributed by atoms with Crippen LogP contribution in [0.1, 0.15) is 18.5 Å². The van der Waals surface area contributed by atoms with E-state index in [0.29, 0.717) is 12.5 Å². The van der Waals surface area contributed by atoms with Gasteiger partial charge in [0.15, 0.2) is 0 Å². The Kier molecular flexibility index (Phi) is 8.60. The predicted octanol–water partition coefficient (Wildman–Crippen LogP) is 1.78. The van der Waals surface area contributed by atoms with E-state index in [1.165, 1.54) is 12.8 Å². The zero-order chi connectivity index (χ0) is 10.5. The Bertz CT molecular complexity index is 301. The Morgan fingerprint density at radius 3 is 2.94 bits per heavy atom. The third kappa shape index (κ3) is 5.25. The van der Waals surface area contributed by atoms with Crippen LogP contribution in [0, 0.1) is 5.92 Å². The first-order valence-electron chi connectivity index (χ1n) is 5.60. The van der Waals surface area contributed by atoms with E-state index in [2.05, 4.69) is 10.3 Å². The van der Waals surface area contributed by atoms with E-state index < -0.39 is 0 Å². The van der Waals surface area contributed by atoms with Gasteiger partial charge in [-0.2, -0.15) is 0 Å². The molecule has 1 aromatic heterocycles. The van der Waals surface area contributed by atoms with Crippen LogP contribution in [0.15, 0.2) is 12.5 Å². The first-order chi connectivity index (χ1) is 7.36. The molecule has 4 nitrogen and oxygen atoms in total. The van der Waals surface area contributed by atoms with Crippen LogP contribution in [0.3, 0.4) is 0 Å². The molecule has 0 spiro atoms. The molecule has 2 heterocycles. The summed E-state index contributed by atoms with van der Waals surface area (Å²) in [5.41, 5.74) is 1.14. The number of ether oxygens (including phenoxy) is 1. The molecular formula is C11H21Cl2N3O. The molecule has 100 valence electrons. The van der Waals surface area contributed by atoms with Gasteiger partial charge in [-0.1, -0.05) is 0 Å². The van der Waals surface area contributed by atoms with Crippen LogP contribution >= 0.6 is 24.8 Å². The van der Waals surface area contributed by atoms with Gasteiger partial charge in [-0.3, -0.25) is 0 Å². The second kappa shape index (κ2) is 8.75. The molecule has 1 aliphatic heterocycles. The summed E-state index contributed by atoms with van der Waals surface area (Å²) in [6.07, 6.45) is 6.23. The van der Waals surface area contributed by atoms with Crippen LogP contribution in [0.2, 0.25) is 0 Å². The zero-order valence-electron chi connectivity index (χ0n) is 10.1. The minimum absolute atomic E-state index is 0. The lowest BCUT2D eigenvalue weighted by Crippen LogP contribution is -2.32. The highest BCUT2D eigenvalue weighted by molar-refractivity contribution is 5.85. The fourth-order valence-corrected chi connectivity index (χ4v) is 1.92. The van der Waals surface area contributed by atoms with Crippen molar-refractivity contribution in [2.45, 2.75) is 19.4 Å². The van der Waals surface area contributed by atoms with Crippen LogP contribution in [0.4, 0.5) is 0 Å². The minimum atomic E-state index is 0. The van der Waals surface area contributed by atoms with Crippen LogP contribution in [-0.2, 0) is 18.4 Å². The lowest BCUT2D eigenvalue weighted by molar-refractivity contribution is 0.0750. The summed E-state index contributed by atoms with van der Waals surface area (Å²) in [4.78, 5) is 4.06. The maximum Gasteiger partial charge on any atom is 0.0946 e. The monoisotopic (exact) mass is 281 g/mol. The smallest absolute Gasteiger partial charge is 0.0946 e. The molecule has 0 aliphatic carbocycles. The number of rotatable bonds is 4. The maximum atomic E-state index is 5.70. The molecule has 1 saturated heterocycles. The molecule has 0 amide bonds. The Morgan fingerprint density at radius 1 is 1.53 bits per heavy atom. The average Bonchev–Trinajstić information content (AvgIpc) is 2.66. The molecule has 6 heteroatoms. The van der Waals surface area contributed by atoms with Crippen molar-refractivity contribution in [2.24, 2.45) is 13.0 Å². The first kappa shape index (κ1) is 16.7. The van der Waals surface area contributed by atoms with Crippen molar-refractivity contribution in [1.29, 1.82) is 0 Å². The van der Waals surface area contributed by atoms with Crippen molar-refractivity contribution in [1.82, 2.24) is 14.9 Å². The number of aromatic nitrogens is 2. The highest BCUT2D eigenvalue weighted by atomic mass is 35.5. The van der Waals surface area contributed by atoms with Gasteiger partial charge in [0.05, 0.1) is 31.4 Å². The highest BCUT2D eigenvalue weighted by Crippen LogP contribution is 2.11. The second-order valence-electron chi connectivity index (χ2n) is 4.22. The summed E-state index contributed by atoms with van der Waals surface area (Å²) in [5.74, 6) is 0.687. The molecule has 2 rings (SSSR count). The molecule has 1 N–H and O–H groups in total. The SMILES string of the molecule is Cl.Cl.Cn1cncc1COC[C@H]1CCCNC1. The Morgan fingerprint density at radius 2 is 2.35 bits per heavy atom. The molecule has 0 radical (unpaired) electrons. The normalized spacial score (nSPS) is 19.2. The molecule has 1 aromatic rings. The topological polar surface area (TPSA) is 39.1 Å². The molecule has 0 bridgehead atoms. The van der Waals surface area contributed by atoms with Crippen molar-refractivity contribution in [2.75, 3.05) is 19.7 Å². The lowest BCUT2D eigenvalue weighted by Gasteiger charge is -2.22.